The summed E-state index contributed by atoms with van der Waals surface area (Å²) in [6.07, 6.45) is 0. The highest BCUT2D eigenvalue weighted by atomic mass is 32.1. The smallest absolute Gasteiger partial charge is 0.186 e. The van der Waals surface area contributed by atoms with Gasteiger partial charge in [-0.05, 0) is 24.6 Å². The molecule has 3 rings (SSSR count). The van der Waals surface area contributed by atoms with Crippen LogP contribution in [0.3, 0.4) is 0 Å². The maximum absolute atomic E-state index is 2.41. The molecule has 0 atom stereocenters. The zero-order valence-corrected chi connectivity index (χ0v) is 11.5. The predicted molar refractivity (Wildman–Crippen MR) is 77.9 cm³/mol. The lowest BCUT2D eigenvalue weighted by Crippen LogP contribution is -2.33. The van der Waals surface area contributed by atoms with Crippen LogP contribution in [-0.4, -0.2) is 0 Å². The van der Waals surface area contributed by atoms with E-state index in [1.807, 2.05) is 11.3 Å². The molecule has 2 aromatic carbocycles. The van der Waals surface area contributed by atoms with Crippen LogP contribution < -0.4 is 4.57 Å². The third kappa shape index (κ3) is 1.73. The van der Waals surface area contributed by atoms with E-state index in [-0.39, 0.29) is 0 Å². The fourth-order valence-corrected chi connectivity index (χ4v) is 3.60. The second kappa shape index (κ2) is 4.54. The van der Waals surface area contributed by atoms with Crippen molar-refractivity contribution in [2.75, 3.05) is 0 Å². The van der Waals surface area contributed by atoms with Crippen molar-refractivity contribution in [1.29, 1.82) is 0 Å². The topological polar surface area (TPSA) is 3.88 Å². The van der Waals surface area contributed by atoms with Crippen LogP contribution in [0.15, 0.2) is 48.5 Å². The second-order valence-corrected chi connectivity index (χ2v) is 5.62. The Kier molecular flexibility index (Phi) is 2.88. The number of hydrogen-bond acceptors (Lipinski definition) is 1. The maximum Gasteiger partial charge on any atom is 0.235 e. The van der Waals surface area contributed by atoms with Crippen LogP contribution in [0, 0.1) is 6.92 Å². The second-order valence-electron chi connectivity index (χ2n) is 4.38. The van der Waals surface area contributed by atoms with Crippen LogP contribution >= 0.6 is 11.3 Å². The predicted octanol–water partition coefficient (Wildman–Crippen LogP) is 4.18. The molecule has 90 valence electrons. The summed E-state index contributed by atoms with van der Waals surface area (Å²) >= 11 is 1.88. The lowest BCUT2D eigenvalue weighted by Gasteiger charge is -2.01. The van der Waals surface area contributed by atoms with Gasteiger partial charge in [0, 0.05) is 6.92 Å². The summed E-state index contributed by atoms with van der Waals surface area (Å²) in [5.41, 5.74) is 4.00. The van der Waals surface area contributed by atoms with Gasteiger partial charge in [-0.25, -0.2) is 0 Å². The van der Waals surface area contributed by atoms with Crippen LogP contribution in [0.5, 0.6) is 0 Å². The number of benzene rings is 2. The van der Waals surface area contributed by atoms with Gasteiger partial charge in [0.15, 0.2) is 0 Å². The van der Waals surface area contributed by atoms with E-state index >= 15 is 0 Å². The van der Waals surface area contributed by atoms with Crippen LogP contribution in [0.1, 0.15) is 11.9 Å². The summed E-state index contributed by atoms with van der Waals surface area (Å²) in [5, 5.41) is 1.37. The Hall–Kier alpha value is -1.67. The number of aromatic nitrogens is 1. The van der Waals surface area contributed by atoms with Crippen LogP contribution in [0.25, 0.3) is 21.3 Å². The van der Waals surface area contributed by atoms with E-state index in [9.17, 15) is 0 Å². The van der Waals surface area contributed by atoms with Crippen molar-refractivity contribution >= 4 is 21.6 Å². The number of aryl methyl sites for hydroxylation is 2. The van der Waals surface area contributed by atoms with Gasteiger partial charge in [-0.3, -0.25) is 0 Å². The third-order valence-corrected chi connectivity index (χ3v) is 4.37. The number of rotatable bonds is 2. The van der Waals surface area contributed by atoms with Crippen molar-refractivity contribution in [3.05, 3.63) is 53.5 Å². The first-order valence-corrected chi connectivity index (χ1v) is 7.10. The molecule has 1 nitrogen and oxygen atoms in total. The van der Waals surface area contributed by atoms with E-state index in [0.717, 1.165) is 6.54 Å². The molecule has 0 bridgehead atoms. The number of fused-ring (bicyclic) bond motifs is 1. The average molecular weight is 254 g/mol. The average Bonchev–Trinajstić information content (AvgIpc) is 2.74. The normalized spacial score (nSPS) is 11.0. The van der Waals surface area contributed by atoms with Crippen molar-refractivity contribution in [3.63, 3.8) is 0 Å². The maximum atomic E-state index is 2.41. The Balaban J connectivity index is 2.36. The summed E-state index contributed by atoms with van der Waals surface area (Å²) in [6, 6.07) is 17.2. The standard InChI is InChI=1S/C16H16NS/c1-3-17-12(2)18-15-11-7-10-14(16(15)17)13-8-5-4-6-9-13/h4-11H,3H2,1-2H3/q+1. The fraction of sp³-hybridized carbons (Fsp3) is 0.188. The molecule has 0 amide bonds. The molecule has 1 heterocycles. The molecule has 0 aliphatic heterocycles. The summed E-state index contributed by atoms with van der Waals surface area (Å²) in [4.78, 5) is 0. The molecule has 0 saturated carbocycles. The van der Waals surface area contributed by atoms with Gasteiger partial charge in [-0.15, -0.1) is 0 Å². The lowest BCUT2D eigenvalue weighted by molar-refractivity contribution is -0.669. The van der Waals surface area contributed by atoms with Gasteiger partial charge in [0.1, 0.15) is 11.2 Å². The zero-order chi connectivity index (χ0) is 12.5. The highest BCUT2D eigenvalue weighted by Gasteiger charge is 2.19. The minimum atomic E-state index is 1.02. The van der Waals surface area contributed by atoms with E-state index in [1.165, 1.54) is 26.4 Å². The summed E-state index contributed by atoms with van der Waals surface area (Å²) in [6.45, 7) is 5.43. The highest BCUT2D eigenvalue weighted by molar-refractivity contribution is 7.18. The van der Waals surface area contributed by atoms with E-state index < -0.39 is 0 Å². The quantitative estimate of drug-likeness (QED) is 0.604. The SMILES string of the molecule is CC[n+]1c(C)sc2cccc(-c3ccccc3)c21. The van der Waals surface area contributed by atoms with Crippen LogP contribution in [-0.2, 0) is 6.54 Å². The van der Waals surface area contributed by atoms with E-state index in [1.54, 1.807) is 0 Å². The molecule has 1 aromatic heterocycles. The summed E-state index contributed by atoms with van der Waals surface area (Å²) in [7, 11) is 0. The first-order valence-electron chi connectivity index (χ1n) is 6.28. The lowest BCUT2D eigenvalue weighted by atomic mass is 10.0. The van der Waals surface area contributed by atoms with Gasteiger partial charge in [-0.1, -0.05) is 47.7 Å². The Morgan fingerprint density at radius 2 is 1.78 bits per heavy atom. The van der Waals surface area contributed by atoms with Gasteiger partial charge >= 0.3 is 0 Å². The molecule has 0 aliphatic rings. The van der Waals surface area contributed by atoms with Gasteiger partial charge in [0.05, 0.1) is 5.56 Å². The van der Waals surface area contributed by atoms with E-state index in [4.69, 9.17) is 0 Å². The van der Waals surface area contributed by atoms with E-state index in [0.29, 0.717) is 0 Å². The summed E-state index contributed by atoms with van der Waals surface area (Å²) < 4.78 is 3.78. The molecular weight excluding hydrogens is 238 g/mol. The number of thiazole rings is 1. The number of para-hydroxylation sites is 1. The van der Waals surface area contributed by atoms with Gasteiger partial charge in [0.25, 0.3) is 0 Å². The van der Waals surface area contributed by atoms with Gasteiger partial charge < -0.3 is 0 Å². The Morgan fingerprint density at radius 1 is 1.00 bits per heavy atom. The zero-order valence-electron chi connectivity index (χ0n) is 10.7. The molecule has 2 heteroatoms. The number of nitrogens with zero attached hydrogens (tertiary/aromatic N) is 1. The molecule has 0 unspecified atom stereocenters. The Bertz CT molecular complexity index is 683. The van der Waals surface area contributed by atoms with Crippen molar-refractivity contribution in [2.45, 2.75) is 20.4 Å². The summed E-state index contributed by atoms with van der Waals surface area (Å²) in [5.74, 6) is 0. The first-order chi connectivity index (χ1) is 8.81. The molecule has 0 N–H and O–H groups in total. The van der Waals surface area contributed by atoms with Crippen molar-refractivity contribution < 1.29 is 4.57 Å². The van der Waals surface area contributed by atoms with Crippen molar-refractivity contribution in [1.82, 2.24) is 0 Å². The third-order valence-electron chi connectivity index (χ3n) is 3.31. The monoisotopic (exact) mass is 254 g/mol. The minimum Gasteiger partial charge on any atom is -0.186 e. The molecule has 0 aliphatic carbocycles. The number of hydrogen-bond donors (Lipinski definition) is 0. The van der Waals surface area contributed by atoms with Crippen LogP contribution in [0.2, 0.25) is 0 Å². The van der Waals surface area contributed by atoms with Crippen molar-refractivity contribution in [2.24, 2.45) is 0 Å². The molecule has 18 heavy (non-hydrogen) atoms. The fourth-order valence-electron chi connectivity index (χ4n) is 2.49. The molecule has 0 radical (unpaired) electrons. The molecule has 0 fully saturated rings. The Labute approximate surface area is 111 Å². The van der Waals surface area contributed by atoms with Crippen molar-refractivity contribution in [3.8, 4) is 11.1 Å². The van der Waals surface area contributed by atoms with Crippen LogP contribution in [0.4, 0.5) is 0 Å². The minimum absolute atomic E-state index is 1.02. The largest absolute Gasteiger partial charge is 0.235 e. The van der Waals surface area contributed by atoms with E-state index in [2.05, 4.69) is 66.9 Å². The Morgan fingerprint density at radius 3 is 2.50 bits per heavy atom. The molecular formula is C16H16NS+. The first kappa shape index (κ1) is 11.4. The van der Waals surface area contributed by atoms with Gasteiger partial charge in [-0.2, -0.15) is 4.57 Å². The molecule has 0 spiro atoms. The highest BCUT2D eigenvalue weighted by Crippen LogP contribution is 2.30. The molecule has 0 saturated heterocycles. The molecule has 3 aromatic rings. The van der Waals surface area contributed by atoms with Gasteiger partial charge in [0.2, 0.25) is 10.5 Å².